The van der Waals surface area contributed by atoms with Gasteiger partial charge in [0.2, 0.25) is 15.7 Å². The molecular weight excluding hydrogens is 350 g/mol. The first-order valence-electron chi connectivity index (χ1n) is 8.75. The Labute approximate surface area is 154 Å². The lowest BCUT2D eigenvalue weighted by Crippen LogP contribution is -2.38. The van der Waals surface area contributed by atoms with Crippen LogP contribution >= 0.6 is 0 Å². The summed E-state index contributed by atoms with van der Waals surface area (Å²) in [7, 11) is -3.58. The molecule has 2 aromatic carbocycles. The Bertz CT molecular complexity index is 891. The highest BCUT2D eigenvalue weighted by Crippen LogP contribution is 2.32. The second-order valence-corrected chi connectivity index (χ2v) is 8.71. The summed E-state index contributed by atoms with van der Waals surface area (Å²) in [5, 5.41) is 2.87. The Balaban J connectivity index is 1.79. The summed E-state index contributed by atoms with van der Waals surface area (Å²) in [6, 6.07) is 13.4. The Morgan fingerprint density at radius 1 is 1.15 bits per heavy atom. The number of aryl methyl sites for hydroxylation is 1. The number of nitrogens with one attached hydrogen (secondary N) is 1. The Morgan fingerprint density at radius 2 is 1.88 bits per heavy atom. The van der Waals surface area contributed by atoms with Gasteiger partial charge >= 0.3 is 0 Å². The van der Waals surface area contributed by atoms with Crippen LogP contribution in [-0.2, 0) is 21.1 Å². The van der Waals surface area contributed by atoms with Gasteiger partial charge in [-0.3, -0.25) is 4.79 Å². The number of hydrogen-bond acceptors (Lipinski definition) is 4. The van der Waals surface area contributed by atoms with E-state index in [4.69, 9.17) is 4.74 Å². The van der Waals surface area contributed by atoms with Gasteiger partial charge in [-0.1, -0.05) is 38.1 Å². The van der Waals surface area contributed by atoms with Gasteiger partial charge in [0, 0.05) is 5.92 Å². The predicted molar refractivity (Wildman–Crippen MR) is 98.9 cm³/mol. The average molecular weight is 373 g/mol. The van der Waals surface area contributed by atoms with Crippen molar-refractivity contribution in [1.29, 1.82) is 0 Å². The lowest BCUT2D eigenvalue weighted by Gasteiger charge is -2.27. The molecule has 2 aromatic rings. The van der Waals surface area contributed by atoms with E-state index in [1.54, 1.807) is 42.5 Å². The number of amides is 1. The molecule has 0 aromatic heterocycles. The van der Waals surface area contributed by atoms with Crippen molar-refractivity contribution in [3.05, 3.63) is 54.1 Å². The second-order valence-electron chi connectivity index (χ2n) is 6.76. The van der Waals surface area contributed by atoms with Crippen LogP contribution in [0.1, 0.15) is 25.8 Å². The van der Waals surface area contributed by atoms with Crippen LogP contribution in [0.3, 0.4) is 0 Å². The molecule has 26 heavy (non-hydrogen) atoms. The maximum absolute atomic E-state index is 12.8. The van der Waals surface area contributed by atoms with Crippen LogP contribution in [0.15, 0.2) is 58.3 Å². The molecule has 1 heterocycles. The third-order valence-electron chi connectivity index (χ3n) is 4.46. The van der Waals surface area contributed by atoms with Crippen molar-refractivity contribution in [2.24, 2.45) is 5.92 Å². The van der Waals surface area contributed by atoms with Crippen LogP contribution in [0.5, 0.6) is 5.75 Å². The van der Waals surface area contributed by atoms with Gasteiger partial charge in [-0.15, -0.1) is 0 Å². The molecule has 6 heteroatoms. The van der Waals surface area contributed by atoms with E-state index < -0.39 is 9.84 Å². The van der Waals surface area contributed by atoms with E-state index in [1.807, 2.05) is 19.9 Å². The first kappa shape index (κ1) is 18.5. The Kier molecular flexibility index (Phi) is 5.32. The number of sulfone groups is 1. The molecule has 1 aliphatic heterocycles. The number of carbonyl (C=O) groups excluding carboxylic acids is 1. The monoisotopic (exact) mass is 373 g/mol. The molecule has 1 atom stereocenters. The zero-order valence-corrected chi connectivity index (χ0v) is 15.8. The topological polar surface area (TPSA) is 72.5 Å². The molecule has 5 nitrogen and oxygen atoms in total. The number of rotatable bonds is 5. The molecule has 0 spiro atoms. The summed E-state index contributed by atoms with van der Waals surface area (Å²) in [6.45, 7) is 4.10. The molecule has 3 rings (SSSR count). The molecule has 0 bridgehead atoms. The van der Waals surface area contributed by atoms with E-state index in [-0.39, 0.29) is 27.7 Å². The molecule has 138 valence electrons. The van der Waals surface area contributed by atoms with Crippen LogP contribution in [0.4, 0.5) is 0 Å². The van der Waals surface area contributed by atoms with E-state index in [2.05, 4.69) is 5.32 Å². The van der Waals surface area contributed by atoms with Gasteiger partial charge in [-0.05, 0) is 42.7 Å². The van der Waals surface area contributed by atoms with Crippen LogP contribution in [-0.4, -0.2) is 27.0 Å². The summed E-state index contributed by atoms with van der Waals surface area (Å²) in [4.78, 5) is 12.2. The van der Waals surface area contributed by atoms with E-state index in [9.17, 15) is 13.2 Å². The Morgan fingerprint density at radius 3 is 2.58 bits per heavy atom. The molecule has 0 saturated carbocycles. The SMILES string of the molecule is CC(C)C(=O)NCC1CCc2ccc(S(=O)(=O)c3ccccc3)cc2O1. The van der Waals surface area contributed by atoms with Gasteiger partial charge < -0.3 is 10.1 Å². The summed E-state index contributed by atoms with van der Waals surface area (Å²) >= 11 is 0. The third kappa shape index (κ3) is 3.90. The summed E-state index contributed by atoms with van der Waals surface area (Å²) in [5.41, 5.74) is 0.989. The van der Waals surface area contributed by atoms with Crippen molar-refractivity contribution in [2.75, 3.05) is 6.54 Å². The minimum absolute atomic E-state index is 0.0141. The van der Waals surface area contributed by atoms with Crippen molar-refractivity contribution < 1.29 is 17.9 Å². The quantitative estimate of drug-likeness (QED) is 0.874. The van der Waals surface area contributed by atoms with Crippen LogP contribution in [0.2, 0.25) is 0 Å². The van der Waals surface area contributed by atoms with Gasteiger partial charge in [-0.2, -0.15) is 0 Å². The molecule has 0 aliphatic carbocycles. The second kappa shape index (κ2) is 7.50. The average Bonchev–Trinajstić information content (AvgIpc) is 2.66. The fourth-order valence-corrected chi connectivity index (χ4v) is 4.17. The Hall–Kier alpha value is -2.34. The largest absolute Gasteiger partial charge is 0.488 e. The summed E-state index contributed by atoms with van der Waals surface area (Å²) < 4.78 is 31.5. The van der Waals surface area contributed by atoms with Crippen molar-refractivity contribution in [1.82, 2.24) is 5.32 Å². The number of fused-ring (bicyclic) bond motifs is 1. The predicted octanol–water partition coefficient (Wildman–Crippen LogP) is 2.99. The van der Waals surface area contributed by atoms with E-state index in [1.165, 1.54) is 0 Å². The lowest BCUT2D eigenvalue weighted by molar-refractivity contribution is -0.124. The summed E-state index contributed by atoms with van der Waals surface area (Å²) in [5.74, 6) is 0.491. The number of carbonyl (C=O) groups is 1. The highest BCUT2D eigenvalue weighted by molar-refractivity contribution is 7.91. The van der Waals surface area contributed by atoms with Crippen molar-refractivity contribution in [3.8, 4) is 5.75 Å². The zero-order valence-electron chi connectivity index (χ0n) is 14.9. The first-order valence-corrected chi connectivity index (χ1v) is 10.2. The maximum atomic E-state index is 12.8. The van der Waals surface area contributed by atoms with Gasteiger partial charge in [0.25, 0.3) is 0 Å². The number of hydrogen-bond donors (Lipinski definition) is 1. The highest BCUT2D eigenvalue weighted by atomic mass is 32.2. The maximum Gasteiger partial charge on any atom is 0.222 e. The van der Waals surface area contributed by atoms with E-state index >= 15 is 0 Å². The standard InChI is InChI=1S/C20H23NO4S/c1-14(2)20(22)21-13-16-10-8-15-9-11-18(12-19(15)25-16)26(23,24)17-6-4-3-5-7-17/h3-7,9,11-12,14,16H,8,10,13H2,1-2H3,(H,21,22). The normalized spacial score (nSPS) is 16.7. The fraction of sp³-hybridized carbons (Fsp3) is 0.350. The minimum Gasteiger partial charge on any atom is -0.488 e. The minimum atomic E-state index is -3.58. The van der Waals surface area contributed by atoms with Gasteiger partial charge in [-0.25, -0.2) is 8.42 Å². The highest BCUT2D eigenvalue weighted by Gasteiger charge is 2.24. The van der Waals surface area contributed by atoms with Crippen molar-refractivity contribution in [2.45, 2.75) is 42.6 Å². The third-order valence-corrected chi connectivity index (χ3v) is 6.23. The van der Waals surface area contributed by atoms with Gasteiger partial charge in [0.15, 0.2) is 0 Å². The van der Waals surface area contributed by atoms with Gasteiger partial charge in [0.1, 0.15) is 11.9 Å². The van der Waals surface area contributed by atoms with Crippen LogP contribution in [0, 0.1) is 5.92 Å². The molecular formula is C20H23NO4S. The zero-order chi connectivity index (χ0) is 18.7. The molecule has 1 unspecified atom stereocenters. The fourth-order valence-electron chi connectivity index (χ4n) is 2.87. The molecule has 0 radical (unpaired) electrons. The van der Waals surface area contributed by atoms with Crippen LogP contribution < -0.4 is 10.1 Å². The van der Waals surface area contributed by atoms with Crippen LogP contribution in [0.25, 0.3) is 0 Å². The van der Waals surface area contributed by atoms with E-state index in [0.717, 1.165) is 18.4 Å². The molecule has 0 saturated heterocycles. The number of ether oxygens (including phenoxy) is 1. The molecule has 1 amide bonds. The van der Waals surface area contributed by atoms with E-state index in [0.29, 0.717) is 12.3 Å². The molecule has 0 fully saturated rings. The molecule has 1 aliphatic rings. The van der Waals surface area contributed by atoms with Gasteiger partial charge in [0.05, 0.1) is 16.3 Å². The lowest BCUT2D eigenvalue weighted by atomic mass is 10.0. The molecule has 1 N–H and O–H groups in total. The first-order chi connectivity index (χ1) is 12.4. The van der Waals surface area contributed by atoms with Crippen molar-refractivity contribution in [3.63, 3.8) is 0 Å². The van der Waals surface area contributed by atoms with Crippen molar-refractivity contribution >= 4 is 15.7 Å². The summed E-state index contributed by atoms with van der Waals surface area (Å²) in [6.07, 6.45) is 1.43. The number of benzene rings is 2. The smallest absolute Gasteiger partial charge is 0.222 e.